The van der Waals surface area contributed by atoms with Gasteiger partial charge in [-0.05, 0) is 0 Å². The van der Waals surface area contributed by atoms with E-state index >= 15 is 0 Å². The molecule has 0 aliphatic heterocycles. The zero-order valence-corrected chi connectivity index (χ0v) is 36.5. The van der Waals surface area contributed by atoms with Gasteiger partial charge in [-0.3, -0.25) is 0 Å². The summed E-state index contributed by atoms with van der Waals surface area (Å²) >= 11 is -3.03. The second-order valence-corrected chi connectivity index (χ2v) is 23.6. The average molecular weight is 768 g/mol. The molecular formula is C51H64Zr. The van der Waals surface area contributed by atoms with Crippen LogP contribution in [0.25, 0.3) is 11.1 Å². The van der Waals surface area contributed by atoms with Gasteiger partial charge in [0, 0.05) is 0 Å². The number of rotatable bonds is 12. The van der Waals surface area contributed by atoms with E-state index in [1.54, 1.807) is 25.5 Å². The van der Waals surface area contributed by atoms with Crippen molar-refractivity contribution in [3.63, 3.8) is 0 Å². The molecule has 0 nitrogen and oxygen atoms in total. The molecule has 1 unspecified atom stereocenters. The van der Waals surface area contributed by atoms with Gasteiger partial charge in [0.1, 0.15) is 0 Å². The Morgan fingerprint density at radius 1 is 0.538 bits per heavy atom. The molecule has 0 saturated heterocycles. The van der Waals surface area contributed by atoms with Crippen LogP contribution < -0.4 is 0 Å². The van der Waals surface area contributed by atoms with Crippen LogP contribution in [0.1, 0.15) is 158 Å². The second-order valence-electron chi connectivity index (χ2n) is 17.5. The van der Waals surface area contributed by atoms with E-state index in [0.29, 0.717) is 9.54 Å². The van der Waals surface area contributed by atoms with E-state index in [9.17, 15) is 0 Å². The monoisotopic (exact) mass is 766 g/mol. The van der Waals surface area contributed by atoms with Gasteiger partial charge < -0.3 is 0 Å². The molecule has 0 radical (unpaired) electrons. The molecular weight excluding hydrogens is 704 g/mol. The van der Waals surface area contributed by atoms with Crippen LogP contribution in [0.4, 0.5) is 0 Å². The van der Waals surface area contributed by atoms with Crippen molar-refractivity contribution in [2.24, 2.45) is 5.92 Å². The van der Waals surface area contributed by atoms with Crippen molar-refractivity contribution in [2.45, 2.75) is 135 Å². The van der Waals surface area contributed by atoms with Gasteiger partial charge in [-0.15, -0.1) is 0 Å². The second kappa shape index (κ2) is 16.2. The van der Waals surface area contributed by atoms with Crippen LogP contribution in [0.15, 0.2) is 117 Å². The predicted octanol–water partition coefficient (Wildman–Crippen LogP) is 14.6. The number of fused-ring (bicyclic) bond motifs is 3. The third-order valence-corrected chi connectivity index (χ3v) is 20.4. The molecule has 0 fully saturated rings. The SMILES string of the molecule is CCCC1=C(CCC)C(CCC)[C]([Zr](=[C](c2ccccc2)c2ccccc2)[CH]2c3cc(C(C)(C)C)ccc3-c3ccc(C(C)(C)C)cc32)=C1CCC. The summed E-state index contributed by atoms with van der Waals surface area (Å²) in [5.41, 5.74) is 17.5. The van der Waals surface area contributed by atoms with Crippen molar-refractivity contribution in [1.82, 2.24) is 0 Å². The molecule has 0 heterocycles. The Morgan fingerprint density at radius 3 is 1.42 bits per heavy atom. The van der Waals surface area contributed by atoms with Gasteiger partial charge >= 0.3 is 327 Å². The first-order chi connectivity index (χ1) is 24.9. The van der Waals surface area contributed by atoms with Crippen LogP contribution in [-0.2, 0) is 32.1 Å². The van der Waals surface area contributed by atoms with Crippen molar-refractivity contribution in [3.8, 4) is 11.1 Å². The molecule has 6 rings (SSSR count). The molecule has 4 aromatic carbocycles. The Bertz CT molecular complexity index is 1870. The van der Waals surface area contributed by atoms with Crippen molar-refractivity contribution in [2.75, 3.05) is 0 Å². The summed E-state index contributed by atoms with van der Waals surface area (Å²) in [7, 11) is 0. The fourth-order valence-corrected chi connectivity index (χ4v) is 19.6. The van der Waals surface area contributed by atoms with Gasteiger partial charge in [0.15, 0.2) is 0 Å². The summed E-state index contributed by atoms with van der Waals surface area (Å²) in [6.45, 7) is 24.0. The summed E-state index contributed by atoms with van der Waals surface area (Å²) in [6.07, 6.45) is 9.79. The van der Waals surface area contributed by atoms with Crippen LogP contribution in [0.3, 0.4) is 0 Å². The summed E-state index contributed by atoms with van der Waals surface area (Å²) in [5.74, 6) is 0.564. The van der Waals surface area contributed by atoms with Gasteiger partial charge in [-0.2, -0.15) is 0 Å². The van der Waals surface area contributed by atoms with Gasteiger partial charge in [0.25, 0.3) is 0 Å². The molecule has 0 amide bonds. The first-order valence-corrected chi connectivity index (χ1v) is 24.4. The summed E-state index contributed by atoms with van der Waals surface area (Å²) < 4.78 is 4.03. The first-order valence-electron chi connectivity index (χ1n) is 20.5. The van der Waals surface area contributed by atoms with Crippen molar-refractivity contribution in [3.05, 3.63) is 150 Å². The Hall–Kier alpha value is -2.89. The molecule has 4 aromatic rings. The zero-order valence-electron chi connectivity index (χ0n) is 34.0. The van der Waals surface area contributed by atoms with Gasteiger partial charge in [0.05, 0.1) is 0 Å². The van der Waals surface area contributed by atoms with E-state index in [2.05, 4.69) is 166 Å². The van der Waals surface area contributed by atoms with Gasteiger partial charge in [-0.25, -0.2) is 0 Å². The van der Waals surface area contributed by atoms with E-state index in [1.165, 1.54) is 84.7 Å². The van der Waals surface area contributed by atoms with Crippen LogP contribution in [0.5, 0.6) is 0 Å². The number of hydrogen-bond donors (Lipinski definition) is 0. The molecule has 52 heavy (non-hydrogen) atoms. The molecule has 0 N–H and O–H groups in total. The van der Waals surface area contributed by atoms with E-state index < -0.39 is 21.3 Å². The molecule has 0 spiro atoms. The standard InChI is InChI=1S/C21H25.C17H29.C13H10.Zr/c1-20(2,3)16-7-9-18-14(12-16)11-15-13-17(21(4,5)6)8-10-19(15)18;1-5-9-14-13-15(10-6-2)17(12-8-4)16(14)11-7-3;1-3-7-12(8-4-1)11-13-9-5-2-6-10-13;/h7-13H,1-6H3;14H,5-12H2,1-4H3;1-10H;. The predicted molar refractivity (Wildman–Crippen MR) is 224 cm³/mol. The zero-order chi connectivity index (χ0) is 37.2. The van der Waals surface area contributed by atoms with E-state index in [-0.39, 0.29) is 10.8 Å². The van der Waals surface area contributed by atoms with Crippen molar-refractivity contribution >= 4 is 3.21 Å². The Morgan fingerprint density at radius 2 is 1.00 bits per heavy atom. The minimum absolute atomic E-state index is 0.0781. The summed E-state index contributed by atoms with van der Waals surface area (Å²) in [5, 5.41) is 0. The van der Waals surface area contributed by atoms with Crippen LogP contribution >= 0.6 is 0 Å². The van der Waals surface area contributed by atoms with E-state index in [0.717, 1.165) is 0 Å². The Kier molecular flexibility index (Phi) is 12.1. The fraction of sp³-hybridized carbons (Fsp3) is 0.431. The van der Waals surface area contributed by atoms with Gasteiger partial charge in [-0.1, -0.05) is 0 Å². The molecule has 2 aliphatic rings. The first kappa shape index (κ1) is 38.8. The molecule has 2 aliphatic carbocycles. The van der Waals surface area contributed by atoms with Gasteiger partial charge in [0.2, 0.25) is 0 Å². The normalized spacial score (nSPS) is 16.1. The Balaban J connectivity index is 1.85. The molecule has 0 bridgehead atoms. The molecule has 0 saturated carbocycles. The van der Waals surface area contributed by atoms with Crippen LogP contribution in [0.2, 0.25) is 0 Å². The third-order valence-electron chi connectivity index (χ3n) is 11.7. The quantitative estimate of drug-likeness (QED) is 0.135. The Labute approximate surface area is 325 Å². The van der Waals surface area contributed by atoms with Crippen molar-refractivity contribution < 1.29 is 21.3 Å². The average Bonchev–Trinajstić information content (AvgIpc) is 3.58. The molecule has 0 aromatic heterocycles. The van der Waals surface area contributed by atoms with E-state index in [4.69, 9.17) is 0 Å². The fourth-order valence-electron chi connectivity index (χ4n) is 9.23. The number of hydrogen-bond acceptors (Lipinski definition) is 0. The number of benzene rings is 4. The molecule has 1 heteroatoms. The maximum absolute atomic E-state index is 3.03. The van der Waals surface area contributed by atoms with Crippen molar-refractivity contribution in [1.29, 1.82) is 0 Å². The van der Waals surface area contributed by atoms with E-state index in [1.807, 2.05) is 8.85 Å². The van der Waals surface area contributed by atoms with Crippen LogP contribution in [0, 0.1) is 5.92 Å². The minimum atomic E-state index is -3.03. The maximum atomic E-state index is 2.67. The summed E-state index contributed by atoms with van der Waals surface area (Å²) in [4.78, 5) is 0. The molecule has 1 atom stereocenters. The third kappa shape index (κ3) is 7.56. The molecule has 272 valence electrons. The topological polar surface area (TPSA) is 0 Å². The summed E-state index contributed by atoms with van der Waals surface area (Å²) in [6, 6.07) is 38.5. The van der Waals surface area contributed by atoms with Crippen LogP contribution in [-0.4, -0.2) is 3.21 Å². The number of allylic oxidation sites excluding steroid dienone is 4.